The lowest BCUT2D eigenvalue weighted by Gasteiger charge is -2.20. The Hall–Kier alpha value is -1.51. The highest BCUT2D eigenvalue weighted by Gasteiger charge is 2.15. The fourth-order valence-electron chi connectivity index (χ4n) is 1.97. The molecule has 1 unspecified atom stereocenters. The number of ether oxygens (including phenoxy) is 2. The lowest BCUT2D eigenvalue weighted by atomic mass is 9.93. The van der Waals surface area contributed by atoms with E-state index in [0.717, 1.165) is 29.8 Å². The highest BCUT2D eigenvalue weighted by atomic mass is 16.6. The first-order chi connectivity index (χ1) is 7.85. The van der Waals surface area contributed by atoms with Gasteiger partial charge in [0.25, 0.3) is 0 Å². The molecule has 0 N–H and O–H groups in total. The molecule has 0 saturated carbocycles. The van der Waals surface area contributed by atoms with Gasteiger partial charge in [-0.2, -0.15) is 0 Å². The summed E-state index contributed by atoms with van der Waals surface area (Å²) >= 11 is 0. The third-order valence-electron chi connectivity index (χ3n) is 2.91. The molecule has 1 aliphatic heterocycles. The SMILES string of the molecule is CCC(CC=O)c1ccc2c(c1)OCCO2. The minimum Gasteiger partial charge on any atom is -0.486 e. The monoisotopic (exact) mass is 220 g/mol. The van der Waals surface area contributed by atoms with Crippen molar-refractivity contribution in [3.8, 4) is 11.5 Å². The Labute approximate surface area is 95.4 Å². The van der Waals surface area contributed by atoms with Gasteiger partial charge in [0.15, 0.2) is 11.5 Å². The van der Waals surface area contributed by atoms with E-state index in [1.807, 2.05) is 18.2 Å². The number of fused-ring (bicyclic) bond motifs is 1. The van der Waals surface area contributed by atoms with Crippen LogP contribution in [0.4, 0.5) is 0 Å². The van der Waals surface area contributed by atoms with Gasteiger partial charge in [-0.15, -0.1) is 0 Å². The average molecular weight is 220 g/mol. The lowest BCUT2D eigenvalue weighted by Crippen LogP contribution is -2.15. The van der Waals surface area contributed by atoms with Crippen LogP contribution in [0.15, 0.2) is 18.2 Å². The van der Waals surface area contributed by atoms with E-state index >= 15 is 0 Å². The molecule has 3 nitrogen and oxygen atoms in total. The molecule has 1 aromatic carbocycles. The number of rotatable bonds is 4. The van der Waals surface area contributed by atoms with Crippen molar-refractivity contribution in [3.63, 3.8) is 0 Å². The van der Waals surface area contributed by atoms with E-state index < -0.39 is 0 Å². The number of hydrogen-bond acceptors (Lipinski definition) is 3. The summed E-state index contributed by atoms with van der Waals surface area (Å²) < 4.78 is 11.0. The highest BCUT2D eigenvalue weighted by Crippen LogP contribution is 2.34. The van der Waals surface area contributed by atoms with Gasteiger partial charge in [-0.3, -0.25) is 0 Å². The van der Waals surface area contributed by atoms with Crippen molar-refractivity contribution in [1.29, 1.82) is 0 Å². The van der Waals surface area contributed by atoms with E-state index in [-0.39, 0.29) is 5.92 Å². The first-order valence-corrected chi connectivity index (χ1v) is 5.68. The van der Waals surface area contributed by atoms with E-state index in [1.54, 1.807) is 0 Å². The smallest absolute Gasteiger partial charge is 0.161 e. The maximum absolute atomic E-state index is 10.6. The number of hydrogen-bond donors (Lipinski definition) is 0. The topological polar surface area (TPSA) is 35.5 Å². The summed E-state index contributed by atoms with van der Waals surface area (Å²) in [4.78, 5) is 10.6. The summed E-state index contributed by atoms with van der Waals surface area (Å²) in [5, 5.41) is 0. The molecule has 0 fully saturated rings. The van der Waals surface area contributed by atoms with E-state index in [0.29, 0.717) is 19.6 Å². The van der Waals surface area contributed by atoms with Gasteiger partial charge in [0.1, 0.15) is 19.5 Å². The Kier molecular flexibility index (Phi) is 3.44. The molecule has 0 amide bonds. The van der Waals surface area contributed by atoms with Crippen LogP contribution >= 0.6 is 0 Å². The van der Waals surface area contributed by atoms with Gasteiger partial charge < -0.3 is 14.3 Å². The Morgan fingerprint density at radius 2 is 2.06 bits per heavy atom. The van der Waals surface area contributed by atoms with Crippen molar-refractivity contribution in [1.82, 2.24) is 0 Å². The minimum atomic E-state index is 0.285. The van der Waals surface area contributed by atoms with Crippen LogP contribution in [0.5, 0.6) is 11.5 Å². The number of carbonyl (C=O) groups excluding carboxylic acids is 1. The fraction of sp³-hybridized carbons (Fsp3) is 0.462. The summed E-state index contributed by atoms with van der Waals surface area (Å²) in [5.74, 6) is 1.89. The predicted molar refractivity (Wildman–Crippen MR) is 61.1 cm³/mol. The second kappa shape index (κ2) is 5.01. The van der Waals surface area contributed by atoms with Crippen LogP contribution in [0.25, 0.3) is 0 Å². The van der Waals surface area contributed by atoms with E-state index in [1.165, 1.54) is 0 Å². The van der Waals surface area contributed by atoms with Gasteiger partial charge in [0.05, 0.1) is 0 Å². The molecule has 0 spiro atoms. The summed E-state index contributed by atoms with van der Waals surface area (Å²) in [6.07, 6.45) is 2.50. The van der Waals surface area contributed by atoms with Gasteiger partial charge in [-0.05, 0) is 30.0 Å². The molecular weight excluding hydrogens is 204 g/mol. The zero-order chi connectivity index (χ0) is 11.4. The lowest BCUT2D eigenvalue weighted by molar-refractivity contribution is -0.108. The maximum Gasteiger partial charge on any atom is 0.161 e. The van der Waals surface area contributed by atoms with E-state index in [2.05, 4.69) is 6.92 Å². The molecule has 2 rings (SSSR count). The largest absolute Gasteiger partial charge is 0.486 e. The van der Waals surface area contributed by atoms with Gasteiger partial charge in [-0.1, -0.05) is 13.0 Å². The van der Waals surface area contributed by atoms with Crippen LogP contribution in [-0.4, -0.2) is 19.5 Å². The highest BCUT2D eigenvalue weighted by molar-refractivity contribution is 5.53. The Bertz CT molecular complexity index is 373. The van der Waals surface area contributed by atoms with Crippen molar-refractivity contribution in [2.75, 3.05) is 13.2 Å². The van der Waals surface area contributed by atoms with Crippen molar-refractivity contribution in [3.05, 3.63) is 23.8 Å². The van der Waals surface area contributed by atoms with Crippen LogP contribution in [0.3, 0.4) is 0 Å². The molecule has 1 heterocycles. The molecule has 0 aromatic heterocycles. The van der Waals surface area contributed by atoms with Gasteiger partial charge >= 0.3 is 0 Å². The molecule has 3 heteroatoms. The first-order valence-electron chi connectivity index (χ1n) is 5.68. The maximum atomic E-state index is 10.6. The zero-order valence-corrected chi connectivity index (χ0v) is 9.44. The molecule has 0 saturated heterocycles. The van der Waals surface area contributed by atoms with Gasteiger partial charge in [-0.25, -0.2) is 0 Å². The zero-order valence-electron chi connectivity index (χ0n) is 9.44. The van der Waals surface area contributed by atoms with Crippen molar-refractivity contribution in [2.24, 2.45) is 0 Å². The molecule has 0 radical (unpaired) electrons. The molecule has 86 valence electrons. The number of aldehydes is 1. The summed E-state index contributed by atoms with van der Waals surface area (Å²) in [6.45, 7) is 3.30. The van der Waals surface area contributed by atoms with Gasteiger partial charge in [0.2, 0.25) is 0 Å². The number of benzene rings is 1. The minimum absolute atomic E-state index is 0.285. The Balaban J connectivity index is 2.24. The molecule has 1 aliphatic rings. The van der Waals surface area contributed by atoms with Crippen molar-refractivity contribution in [2.45, 2.75) is 25.7 Å². The molecule has 0 bridgehead atoms. The average Bonchev–Trinajstić information content (AvgIpc) is 2.35. The summed E-state index contributed by atoms with van der Waals surface area (Å²) in [5.41, 5.74) is 1.15. The van der Waals surface area contributed by atoms with Crippen LogP contribution in [0.1, 0.15) is 31.2 Å². The first kappa shape index (κ1) is 11.0. The fourth-order valence-corrected chi connectivity index (χ4v) is 1.97. The normalized spacial score (nSPS) is 15.6. The predicted octanol–water partition coefficient (Wildman–Crippen LogP) is 2.54. The van der Waals surface area contributed by atoms with Crippen LogP contribution < -0.4 is 9.47 Å². The van der Waals surface area contributed by atoms with Crippen molar-refractivity contribution < 1.29 is 14.3 Å². The Morgan fingerprint density at radius 1 is 1.31 bits per heavy atom. The van der Waals surface area contributed by atoms with Gasteiger partial charge in [0, 0.05) is 6.42 Å². The molecule has 0 aliphatic carbocycles. The second-order valence-corrected chi connectivity index (χ2v) is 3.91. The number of carbonyl (C=O) groups is 1. The third kappa shape index (κ3) is 2.18. The summed E-state index contributed by atoms with van der Waals surface area (Å²) in [6, 6.07) is 5.94. The molecule has 1 aromatic rings. The summed E-state index contributed by atoms with van der Waals surface area (Å²) in [7, 11) is 0. The second-order valence-electron chi connectivity index (χ2n) is 3.91. The molecular formula is C13H16O3. The van der Waals surface area contributed by atoms with E-state index in [4.69, 9.17) is 9.47 Å². The van der Waals surface area contributed by atoms with E-state index in [9.17, 15) is 4.79 Å². The molecule has 1 atom stereocenters. The van der Waals surface area contributed by atoms with Crippen LogP contribution in [-0.2, 0) is 4.79 Å². The van der Waals surface area contributed by atoms with Crippen LogP contribution in [0.2, 0.25) is 0 Å². The van der Waals surface area contributed by atoms with Crippen molar-refractivity contribution >= 4 is 6.29 Å². The quantitative estimate of drug-likeness (QED) is 0.731. The standard InChI is InChI=1S/C13H16O3/c1-2-10(5-6-14)11-3-4-12-13(9-11)16-8-7-15-12/h3-4,6,9-10H,2,5,7-8H2,1H3. The molecule has 16 heavy (non-hydrogen) atoms. The van der Waals surface area contributed by atoms with Crippen LogP contribution in [0, 0.1) is 0 Å². The third-order valence-corrected chi connectivity index (χ3v) is 2.91. The Morgan fingerprint density at radius 3 is 2.75 bits per heavy atom.